The molecule has 1 saturated heterocycles. The summed E-state index contributed by atoms with van der Waals surface area (Å²) in [4.78, 5) is 29.4. The number of nitrogens with zero attached hydrogens (tertiary/aromatic N) is 2. The Morgan fingerprint density at radius 2 is 2.29 bits per heavy atom. The van der Waals surface area contributed by atoms with Gasteiger partial charge in [0.1, 0.15) is 5.82 Å². The van der Waals surface area contributed by atoms with Crippen molar-refractivity contribution in [2.24, 2.45) is 0 Å². The number of hydrogen-bond acceptors (Lipinski definition) is 4. The Hall–Kier alpha value is -2.47. The van der Waals surface area contributed by atoms with Crippen molar-refractivity contribution in [1.29, 1.82) is 0 Å². The van der Waals surface area contributed by atoms with Gasteiger partial charge >= 0.3 is 0 Å². The van der Waals surface area contributed by atoms with Crippen molar-refractivity contribution in [3.63, 3.8) is 0 Å². The highest BCUT2D eigenvalue weighted by atomic mass is 16.5. The van der Waals surface area contributed by atoms with Crippen molar-refractivity contribution in [2.75, 3.05) is 25.0 Å². The van der Waals surface area contributed by atoms with Crippen LogP contribution in [0.4, 0.5) is 5.82 Å². The minimum atomic E-state index is -0.0214. The predicted octanol–water partition coefficient (Wildman–Crippen LogP) is 1.78. The summed E-state index contributed by atoms with van der Waals surface area (Å²) in [7, 11) is 0. The van der Waals surface area contributed by atoms with Gasteiger partial charge in [-0.3, -0.25) is 9.59 Å². The van der Waals surface area contributed by atoms with Crippen LogP contribution in [0.1, 0.15) is 24.5 Å². The van der Waals surface area contributed by atoms with Gasteiger partial charge in [-0.25, -0.2) is 4.98 Å². The van der Waals surface area contributed by atoms with Crippen molar-refractivity contribution in [1.82, 2.24) is 9.88 Å². The van der Waals surface area contributed by atoms with Crippen molar-refractivity contribution >= 4 is 23.7 Å². The molecule has 2 amide bonds. The topological polar surface area (TPSA) is 71.5 Å². The van der Waals surface area contributed by atoms with E-state index in [4.69, 9.17) is 4.74 Å². The normalized spacial score (nSPS) is 17.9. The first-order valence-corrected chi connectivity index (χ1v) is 8.14. The molecule has 0 aliphatic carbocycles. The Bertz CT molecular complexity index is 691. The fourth-order valence-corrected chi connectivity index (χ4v) is 2.65. The van der Waals surface area contributed by atoms with E-state index < -0.39 is 0 Å². The van der Waals surface area contributed by atoms with E-state index in [0.29, 0.717) is 38.4 Å². The molecule has 0 radical (unpaired) electrons. The Morgan fingerprint density at radius 3 is 3.08 bits per heavy atom. The van der Waals surface area contributed by atoms with Crippen LogP contribution in [0.3, 0.4) is 0 Å². The average Bonchev–Trinajstić information content (AvgIpc) is 2.54. The number of aryl methyl sites for hydroxylation is 1. The van der Waals surface area contributed by atoms with E-state index in [0.717, 1.165) is 11.1 Å². The predicted molar refractivity (Wildman–Crippen MR) is 91.4 cm³/mol. The van der Waals surface area contributed by atoms with Crippen LogP contribution in [-0.2, 0) is 20.7 Å². The van der Waals surface area contributed by atoms with E-state index in [2.05, 4.69) is 10.3 Å². The van der Waals surface area contributed by atoms with Crippen LogP contribution in [0.2, 0.25) is 0 Å². The summed E-state index contributed by atoms with van der Waals surface area (Å²) in [6.45, 7) is 3.81. The second-order valence-corrected chi connectivity index (χ2v) is 5.93. The Morgan fingerprint density at radius 1 is 1.46 bits per heavy atom. The molecule has 1 aromatic rings. The van der Waals surface area contributed by atoms with Crippen LogP contribution in [0.15, 0.2) is 30.5 Å². The molecule has 3 heterocycles. The van der Waals surface area contributed by atoms with E-state index in [1.165, 1.54) is 0 Å². The number of anilines is 1. The number of pyridine rings is 1. The molecule has 0 spiro atoms. The lowest BCUT2D eigenvalue weighted by molar-refractivity contribution is -0.138. The highest BCUT2D eigenvalue weighted by molar-refractivity contribution is 5.94. The van der Waals surface area contributed by atoms with Crippen molar-refractivity contribution in [2.45, 2.75) is 25.9 Å². The molecule has 2 aliphatic rings. The molecule has 6 heteroatoms. The lowest BCUT2D eigenvalue weighted by atomic mass is 10.0. The minimum Gasteiger partial charge on any atom is -0.370 e. The number of hydrogen-bond donors (Lipinski definition) is 1. The number of fused-ring (bicyclic) bond motifs is 1. The number of nitrogens with one attached hydrogen (secondary N) is 1. The van der Waals surface area contributed by atoms with Crippen LogP contribution < -0.4 is 5.32 Å². The van der Waals surface area contributed by atoms with Gasteiger partial charge in [0.05, 0.1) is 12.7 Å². The molecule has 126 valence electrons. The molecule has 1 aromatic heterocycles. The Balaban J connectivity index is 1.51. The zero-order valence-corrected chi connectivity index (χ0v) is 13.7. The van der Waals surface area contributed by atoms with Gasteiger partial charge in [-0.2, -0.15) is 0 Å². The summed E-state index contributed by atoms with van der Waals surface area (Å²) in [6, 6.07) is 1.96. The van der Waals surface area contributed by atoms with E-state index >= 15 is 0 Å². The maximum atomic E-state index is 12.1. The molecule has 24 heavy (non-hydrogen) atoms. The maximum absolute atomic E-state index is 12.1. The third kappa shape index (κ3) is 3.89. The Kier molecular flexibility index (Phi) is 5.05. The number of rotatable bonds is 5. The fraction of sp³-hybridized carbons (Fsp3) is 0.389. The van der Waals surface area contributed by atoms with E-state index in [1.807, 2.05) is 25.1 Å². The highest BCUT2D eigenvalue weighted by Crippen LogP contribution is 2.21. The lowest BCUT2D eigenvalue weighted by Gasteiger charge is -2.38. The summed E-state index contributed by atoms with van der Waals surface area (Å²) in [5.41, 5.74) is 1.87. The van der Waals surface area contributed by atoms with Crippen LogP contribution in [0, 0.1) is 0 Å². The largest absolute Gasteiger partial charge is 0.370 e. The maximum Gasteiger partial charge on any atom is 0.246 e. The summed E-state index contributed by atoms with van der Waals surface area (Å²) in [5.74, 6) is 0.600. The van der Waals surface area contributed by atoms with Crippen molar-refractivity contribution in [3.8, 4) is 0 Å². The molecule has 6 nitrogen and oxygen atoms in total. The molecule has 0 saturated carbocycles. The molecular weight excluding hydrogens is 306 g/mol. The summed E-state index contributed by atoms with van der Waals surface area (Å²) in [6.07, 6.45) is 10.2. The highest BCUT2D eigenvalue weighted by Gasteiger charge is 2.29. The molecule has 0 aromatic carbocycles. The monoisotopic (exact) mass is 327 g/mol. The first-order chi connectivity index (χ1) is 11.7. The van der Waals surface area contributed by atoms with Gasteiger partial charge in [0.15, 0.2) is 0 Å². The van der Waals surface area contributed by atoms with Gasteiger partial charge in [-0.15, -0.1) is 0 Å². The molecular formula is C18H21N3O3. The number of carbonyl (C=O) groups is 2. The zero-order valence-electron chi connectivity index (χ0n) is 13.7. The van der Waals surface area contributed by atoms with Crippen LogP contribution >= 0.6 is 0 Å². The number of ether oxygens (including phenoxy) is 1. The molecule has 0 bridgehead atoms. The number of aromatic nitrogens is 1. The second kappa shape index (κ2) is 7.40. The first-order valence-electron chi connectivity index (χ1n) is 8.14. The molecule has 0 atom stereocenters. The minimum absolute atomic E-state index is 0.00236. The summed E-state index contributed by atoms with van der Waals surface area (Å²) in [5, 5.41) is 2.75. The van der Waals surface area contributed by atoms with Gasteiger partial charge in [-0.1, -0.05) is 12.2 Å². The SMILES string of the molecule is C/C=C/COC1CN(C(=O)/C=C/c2cnc3c(c2)CCC(=O)N3)C1. The van der Waals surface area contributed by atoms with Gasteiger partial charge in [0, 0.05) is 31.8 Å². The van der Waals surface area contributed by atoms with Gasteiger partial charge in [0.2, 0.25) is 11.8 Å². The summed E-state index contributed by atoms with van der Waals surface area (Å²) >= 11 is 0. The first kappa shape index (κ1) is 16.4. The molecule has 2 aliphatic heterocycles. The van der Waals surface area contributed by atoms with Crippen LogP contribution in [-0.4, -0.2) is 47.5 Å². The van der Waals surface area contributed by atoms with Gasteiger partial charge < -0.3 is 15.0 Å². The third-order valence-electron chi connectivity index (χ3n) is 4.11. The molecule has 1 N–H and O–H groups in total. The van der Waals surface area contributed by atoms with E-state index in [-0.39, 0.29) is 17.9 Å². The third-order valence-corrected chi connectivity index (χ3v) is 4.11. The van der Waals surface area contributed by atoms with Crippen molar-refractivity contribution in [3.05, 3.63) is 41.6 Å². The number of amides is 2. The molecule has 1 fully saturated rings. The van der Waals surface area contributed by atoms with Crippen LogP contribution in [0.25, 0.3) is 6.08 Å². The number of likely N-dealkylation sites (tertiary alicyclic amines) is 1. The zero-order chi connectivity index (χ0) is 16.9. The lowest BCUT2D eigenvalue weighted by Crippen LogP contribution is -2.54. The number of allylic oxidation sites excluding steroid dienone is 1. The van der Waals surface area contributed by atoms with Crippen LogP contribution in [0.5, 0.6) is 0 Å². The van der Waals surface area contributed by atoms with Gasteiger partial charge in [-0.05, 0) is 36.6 Å². The van der Waals surface area contributed by atoms with E-state index in [1.54, 1.807) is 23.2 Å². The number of carbonyl (C=O) groups excluding carboxylic acids is 2. The summed E-state index contributed by atoms with van der Waals surface area (Å²) < 4.78 is 5.58. The smallest absolute Gasteiger partial charge is 0.246 e. The van der Waals surface area contributed by atoms with Crippen molar-refractivity contribution < 1.29 is 14.3 Å². The second-order valence-electron chi connectivity index (χ2n) is 5.93. The fourth-order valence-electron chi connectivity index (χ4n) is 2.65. The molecule has 0 unspecified atom stereocenters. The quantitative estimate of drug-likeness (QED) is 0.661. The molecule has 3 rings (SSSR count). The van der Waals surface area contributed by atoms with E-state index in [9.17, 15) is 9.59 Å². The average molecular weight is 327 g/mol. The van der Waals surface area contributed by atoms with Gasteiger partial charge in [0.25, 0.3) is 0 Å². The Labute approximate surface area is 141 Å². The standard InChI is InChI=1S/C18H21N3O3/c1-2-3-8-24-15-11-21(12-15)17(23)7-4-13-9-14-5-6-16(22)20-18(14)19-10-13/h2-4,7,9-10,15H,5-6,8,11-12H2,1H3,(H,19,20,22)/b3-2+,7-4+.